The van der Waals surface area contributed by atoms with Gasteiger partial charge >= 0.3 is 6.09 Å². The Morgan fingerprint density at radius 3 is 2.41 bits per heavy atom. The van der Waals surface area contributed by atoms with Crippen LogP contribution in [0.15, 0.2) is 48.5 Å². The number of amides is 1. The summed E-state index contributed by atoms with van der Waals surface area (Å²) in [6.45, 7) is 2.48. The number of aliphatic hydroxyl groups is 1. The van der Waals surface area contributed by atoms with Crippen LogP contribution in [0.2, 0.25) is 0 Å². The zero-order valence-corrected chi connectivity index (χ0v) is 16.4. The van der Waals surface area contributed by atoms with Crippen molar-refractivity contribution in [2.24, 2.45) is 0 Å². The van der Waals surface area contributed by atoms with Crippen LogP contribution in [0.1, 0.15) is 18.4 Å². The van der Waals surface area contributed by atoms with Gasteiger partial charge in [0, 0.05) is 25.3 Å². The first kappa shape index (κ1) is 19.7. The van der Waals surface area contributed by atoms with Crippen LogP contribution in [0.25, 0.3) is 0 Å². The number of ether oxygens (including phenoxy) is 2. The average Bonchev–Trinajstić information content (AvgIpc) is 3.10. The average molecular weight is 400 g/mol. The van der Waals surface area contributed by atoms with E-state index in [1.807, 2.05) is 24.3 Å². The van der Waals surface area contributed by atoms with Crippen molar-refractivity contribution in [3.63, 3.8) is 0 Å². The topological polar surface area (TPSA) is 62.2 Å². The summed E-state index contributed by atoms with van der Waals surface area (Å²) >= 11 is 0. The Morgan fingerprint density at radius 2 is 1.79 bits per heavy atom. The number of hydrogen-bond donors (Lipinski definition) is 1. The molecule has 2 aliphatic heterocycles. The fourth-order valence-corrected chi connectivity index (χ4v) is 4.03. The van der Waals surface area contributed by atoms with Gasteiger partial charge in [-0.1, -0.05) is 12.1 Å². The monoisotopic (exact) mass is 400 g/mol. The van der Waals surface area contributed by atoms with E-state index < -0.39 is 5.60 Å². The Balaban J connectivity index is 1.32. The Hall–Kier alpha value is -2.64. The maximum atomic E-state index is 13.2. The van der Waals surface area contributed by atoms with Crippen molar-refractivity contribution >= 4 is 11.8 Å². The van der Waals surface area contributed by atoms with Gasteiger partial charge < -0.3 is 14.6 Å². The van der Waals surface area contributed by atoms with E-state index >= 15 is 0 Å². The van der Waals surface area contributed by atoms with E-state index in [0.29, 0.717) is 39.0 Å². The Labute approximate surface area is 169 Å². The highest BCUT2D eigenvalue weighted by Gasteiger charge is 2.37. The van der Waals surface area contributed by atoms with Gasteiger partial charge in [0.25, 0.3) is 0 Å². The van der Waals surface area contributed by atoms with Crippen molar-refractivity contribution < 1.29 is 23.8 Å². The quantitative estimate of drug-likeness (QED) is 0.836. The summed E-state index contributed by atoms with van der Waals surface area (Å²) in [7, 11) is 1.60. The molecule has 2 saturated heterocycles. The number of carbonyl (C=O) groups excluding carboxylic acids is 1. The number of carbonyl (C=O) groups is 1. The number of halogens is 1. The number of anilines is 1. The number of rotatable bonds is 5. The zero-order chi connectivity index (χ0) is 20.4. The van der Waals surface area contributed by atoms with E-state index in [1.165, 1.54) is 12.1 Å². The lowest BCUT2D eigenvalue weighted by Gasteiger charge is -2.39. The van der Waals surface area contributed by atoms with Crippen molar-refractivity contribution in [2.45, 2.75) is 24.5 Å². The lowest BCUT2D eigenvalue weighted by molar-refractivity contribution is -0.0325. The summed E-state index contributed by atoms with van der Waals surface area (Å²) in [6, 6.07) is 13.4. The summed E-state index contributed by atoms with van der Waals surface area (Å²) in [4.78, 5) is 16.1. The standard InChI is InChI=1S/C22H25FN2O4/c1-28-19-8-6-18(7-9-19)25-15-20(29-21(25)26)14-24-12-10-22(27,11-13-24)16-2-4-17(23)5-3-16/h2-9,20,27H,10-15H2,1H3. The molecule has 4 rings (SSSR count). The normalized spacial score (nSPS) is 21.8. The number of cyclic esters (lactones) is 1. The lowest BCUT2D eigenvalue weighted by atomic mass is 9.84. The van der Waals surface area contributed by atoms with Crippen LogP contribution in [-0.4, -0.2) is 55.5 Å². The van der Waals surface area contributed by atoms with Gasteiger partial charge in [0.05, 0.1) is 19.3 Å². The minimum atomic E-state index is -0.939. The van der Waals surface area contributed by atoms with Crippen molar-refractivity contribution in [3.05, 3.63) is 59.9 Å². The number of methoxy groups -OCH3 is 1. The van der Waals surface area contributed by atoms with Crippen LogP contribution in [0.4, 0.5) is 14.9 Å². The van der Waals surface area contributed by atoms with E-state index in [2.05, 4.69) is 4.90 Å². The Morgan fingerprint density at radius 1 is 1.14 bits per heavy atom. The summed E-state index contributed by atoms with van der Waals surface area (Å²) in [5, 5.41) is 10.9. The second-order valence-corrected chi connectivity index (χ2v) is 7.65. The third-order valence-electron chi connectivity index (χ3n) is 5.78. The smallest absolute Gasteiger partial charge is 0.414 e. The van der Waals surface area contributed by atoms with E-state index in [-0.39, 0.29) is 18.0 Å². The molecule has 0 aromatic heterocycles. The number of hydrogen-bond acceptors (Lipinski definition) is 5. The molecule has 0 bridgehead atoms. The molecule has 7 heteroatoms. The summed E-state index contributed by atoms with van der Waals surface area (Å²) < 4.78 is 23.9. The molecule has 2 aromatic carbocycles. The SMILES string of the molecule is COc1ccc(N2CC(CN3CCC(O)(c4ccc(F)cc4)CC3)OC2=O)cc1. The largest absolute Gasteiger partial charge is 0.497 e. The summed E-state index contributed by atoms with van der Waals surface area (Å²) in [5.74, 6) is 0.430. The third-order valence-corrected chi connectivity index (χ3v) is 5.78. The molecule has 1 amide bonds. The Bertz CT molecular complexity index is 848. The second-order valence-electron chi connectivity index (χ2n) is 7.65. The molecular weight excluding hydrogens is 375 g/mol. The minimum Gasteiger partial charge on any atom is -0.497 e. The fraction of sp³-hybridized carbons (Fsp3) is 0.409. The van der Waals surface area contributed by atoms with E-state index in [9.17, 15) is 14.3 Å². The first-order valence-electron chi connectivity index (χ1n) is 9.80. The molecule has 2 aromatic rings. The van der Waals surface area contributed by atoms with E-state index in [4.69, 9.17) is 9.47 Å². The maximum absolute atomic E-state index is 13.2. The molecule has 1 unspecified atom stereocenters. The van der Waals surface area contributed by atoms with Gasteiger partial charge in [-0.25, -0.2) is 9.18 Å². The molecule has 154 valence electrons. The van der Waals surface area contributed by atoms with Crippen LogP contribution >= 0.6 is 0 Å². The van der Waals surface area contributed by atoms with Crippen LogP contribution in [0.3, 0.4) is 0 Å². The number of nitrogens with zero attached hydrogens (tertiary/aromatic N) is 2. The van der Waals surface area contributed by atoms with Gasteiger partial charge in [0.1, 0.15) is 17.7 Å². The predicted octanol–water partition coefficient (Wildman–Crippen LogP) is 3.14. The molecule has 0 saturated carbocycles. The highest BCUT2D eigenvalue weighted by molar-refractivity contribution is 5.89. The molecule has 6 nitrogen and oxygen atoms in total. The van der Waals surface area contributed by atoms with Crippen molar-refractivity contribution in [1.82, 2.24) is 4.90 Å². The second kappa shape index (κ2) is 8.00. The molecule has 1 atom stereocenters. The van der Waals surface area contributed by atoms with Gasteiger partial charge in [0.2, 0.25) is 0 Å². The maximum Gasteiger partial charge on any atom is 0.414 e. The molecule has 2 aliphatic rings. The third kappa shape index (κ3) is 4.21. The molecule has 29 heavy (non-hydrogen) atoms. The van der Waals surface area contributed by atoms with Gasteiger partial charge in [-0.3, -0.25) is 9.80 Å². The molecule has 0 aliphatic carbocycles. The van der Waals surface area contributed by atoms with Crippen LogP contribution < -0.4 is 9.64 Å². The van der Waals surface area contributed by atoms with Gasteiger partial charge in [-0.2, -0.15) is 0 Å². The predicted molar refractivity (Wildman–Crippen MR) is 107 cm³/mol. The van der Waals surface area contributed by atoms with E-state index in [1.54, 1.807) is 24.1 Å². The van der Waals surface area contributed by atoms with E-state index in [0.717, 1.165) is 17.0 Å². The molecule has 2 fully saturated rings. The highest BCUT2D eigenvalue weighted by atomic mass is 19.1. The molecular formula is C22H25FN2O4. The van der Waals surface area contributed by atoms with Gasteiger partial charge in [-0.15, -0.1) is 0 Å². The van der Waals surface area contributed by atoms with Crippen molar-refractivity contribution in [2.75, 3.05) is 38.2 Å². The minimum absolute atomic E-state index is 0.221. The summed E-state index contributed by atoms with van der Waals surface area (Å²) in [5.41, 5.74) is 0.588. The molecule has 2 heterocycles. The van der Waals surface area contributed by atoms with Crippen molar-refractivity contribution in [1.29, 1.82) is 0 Å². The molecule has 1 N–H and O–H groups in total. The van der Waals surface area contributed by atoms with Gasteiger partial charge in [0.15, 0.2) is 0 Å². The summed E-state index contributed by atoms with van der Waals surface area (Å²) in [6.07, 6.45) is 0.546. The van der Waals surface area contributed by atoms with Crippen molar-refractivity contribution in [3.8, 4) is 5.75 Å². The first-order valence-corrected chi connectivity index (χ1v) is 9.80. The fourth-order valence-electron chi connectivity index (χ4n) is 4.03. The van der Waals surface area contributed by atoms with Crippen LogP contribution in [0.5, 0.6) is 5.75 Å². The number of benzene rings is 2. The highest BCUT2D eigenvalue weighted by Crippen LogP contribution is 2.33. The molecule has 0 radical (unpaired) electrons. The van der Waals surface area contributed by atoms with Crippen LogP contribution in [0, 0.1) is 5.82 Å². The number of piperidine rings is 1. The van der Waals surface area contributed by atoms with Crippen LogP contribution in [-0.2, 0) is 10.3 Å². The molecule has 0 spiro atoms. The van der Waals surface area contributed by atoms with Gasteiger partial charge in [-0.05, 0) is 54.8 Å². The Kier molecular flexibility index (Phi) is 5.43. The number of likely N-dealkylation sites (tertiary alicyclic amines) is 1. The zero-order valence-electron chi connectivity index (χ0n) is 16.4. The lowest BCUT2D eigenvalue weighted by Crippen LogP contribution is -2.45. The first-order chi connectivity index (χ1) is 14.0.